The number of Topliss-reactive ketones (excluding diaryl/α,β-unsaturated/α-hetero) is 1. The van der Waals surface area contributed by atoms with Crippen LogP contribution in [0.15, 0.2) is 54.6 Å². The number of carbonyl (C=O) groups is 1. The first-order valence-corrected chi connectivity index (χ1v) is 9.06. The van der Waals surface area contributed by atoms with E-state index in [1.165, 1.54) is 0 Å². The van der Waals surface area contributed by atoms with Gasteiger partial charge in [0.2, 0.25) is 0 Å². The largest absolute Gasteiger partial charge is 0.365 e. The van der Waals surface area contributed by atoms with Crippen LogP contribution in [0.4, 0.5) is 0 Å². The molecule has 2 rings (SSSR count). The molecule has 0 aliphatic heterocycles. The van der Waals surface area contributed by atoms with Crippen molar-refractivity contribution in [3.63, 3.8) is 0 Å². The maximum Gasteiger partial charge on any atom is 0.196 e. The van der Waals surface area contributed by atoms with Crippen molar-refractivity contribution in [2.75, 3.05) is 6.61 Å². The molecule has 24 heavy (non-hydrogen) atoms. The summed E-state index contributed by atoms with van der Waals surface area (Å²) in [5, 5.41) is 0. The zero-order chi connectivity index (χ0) is 17.2. The normalized spacial score (nSPS) is 12.1. The summed E-state index contributed by atoms with van der Waals surface area (Å²) in [6.07, 6.45) is 4.67. The quantitative estimate of drug-likeness (QED) is 0.409. The van der Waals surface area contributed by atoms with E-state index in [1.807, 2.05) is 48.5 Å². The number of aryl methyl sites for hydroxylation is 1. The fourth-order valence-corrected chi connectivity index (χ4v) is 2.78. The average Bonchev–Trinajstić information content (AvgIpc) is 2.64. The number of carbonyl (C=O) groups excluding carboxylic acids is 1. The first-order valence-electron chi connectivity index (χ1n) is 9.06. The summed E-state index contributed by atoms with van der Waals surface area (Å²) in [5.74, 6) is 0.0732. The van der Waals surface area contributed by atoms with Gasteiger partial charge >= 0.3 is 0 Å². The number of benzene rings is 2. The Bertz CT molecular complexity index is 619. The van der Waals surface area contributed by atoms with Crippen molar-refractivity contribution >= 4 is 5.78 Å². The first-order chi connectivity index (χ1) is 11.8. The summed E-state index contributed by atoms with van der Waals surface area (Å²) < 4.78 is 5.99. The second-order valence-corrected chi connectivity index (χ2v) is 6.14. The van der Waals surface area contributed by atoms with E-state index in [0.717, 1.165) is 48.8 Å². The molecule has 128 valence electrons. The van der Waals surface area contributed by atoms with Crippen LogP contribution in [0.3, 0.4) is 0 Å². The Balaban J connectivity index is 2.27. The van der Waals surface area contributed by atoms with E-state index in [1.54, 1.807) is 0 Å². The van der Waals surface area contributed by atoms with E-state index in [9.17, 15) is 4.79 Å². The molecule has 0 radical (unpaired) electrons. The van der Waals surface area contributed by atoms with Crippen LogP contribution in [0.5, 0.6) is 0 Å². The van der Waals surface area contributed by atoms with E-state index in [0.29, 0.717) is 6.61 Å². The van der Waals surface area contributed by atoms with E-state index in [2.05, 4.69) is 19.9 Å². The average molecular weight is 324 g/mol. The highest BCUT2D eigenvalue weighted by Gasteiger charge is 2.24. The van der Waals surface area contributed by atoms with E-state index in [4.69, 9.17) is 4.74 Å². The third-order valence-corrected chi connectivity index (χ3v) is 4.21. The van der Waals surface area contributed by atoms with Gasteiger partial charge in [0.15, 0.2) is 5.78 Å². The first kappa shape index (κ1) is 18.4. The topological polar surface area (TPSA) is 26.3 Å². The molecule has 1 unspecified atom stereocenters. The molecule has 0 spiro atoms. The summed E-state index contributed by atoms with van der Waals surface area (Å²) >= 11 is 0. The zero-order valence-corrected chi connectivity index (χ0v) is 14.8. The molecule has 2 aromatic carbocycles. The molecule has 0 saturated carbocycles. The number of rotatable bonds is 10. The standard InChI is InChI=1S/C22H28O2/c1-3-5-12-18-13-10-11-16-20(18)21(23)22(24-17-6-4-2)19-14-8-7-9-15-19/h7-11,13-16,22H,3-6,12,17H2,1-2H3. The molecule has 0 N–H and O–H groups in total. The van der Waals surface area contributed by atoms with Crippen molar-refractivity contribution in [3.8, 4) is 0 Å². The molecule has 0 amide bonds. The third kappa shape index (κ3) is 5.04. The van der Waals surface area contributed by atoms with Crippen molar-refractivity contribution in [1.82, 2.24) is 0 Å². The molecule has 0 heterocycles. The Labute approximate surface area is 145 Å². The fraction of sp³-hybridized carbons (Fsp3) is 0.409. The lowest BCUT2D eigenvalue weighted by Crippen LogP contribution is -2.18. The molecule has 0 aliphatic carbocycles. The van der Waals surface area contributed by atoms with Crippen LogP contribution in [0.1, 0.15) is 67.1 Å². The number of ether oxygens (including phenoxy) is 1. The summed E-state index contributed by atoms with van der Waals surface area (Å²) in [4.78, 5) is 13.2. The van der Waals surface area contributed by atoms with Gasteiger partial charge in [-0.3, -0.25) is 4.79 Å². The number of ketones is 1. The molecule has 0 bridgehead atoms. The Kier molecular flexibility index (Phi) is 7.70. The number of hydrogen-bond acceptors (Lipinski definition) is 2. The molecule has 2 nitrogen and oxygen atoms in total. The van der Waals surface area contributed by atoms with Gasteiger partial charge in [-0.05, 0) is 30.4 Å². The van der Waals surface area contributed by atoms with Crippen LogP contribution in [0.2, 0.25) is 0 Å². The van der Waals surface area contributed by atoms with Gasteiger partial charge in [-0.1, -0.05) is 81.3 Å². The second kappa shape index (κ2) is 10.0. The minimum atomic E-state index is -0.513. The molecule has 0 aliphatic rings. The fourth-order valence-electron chi connectivity index (χ4n) is 2.78. The maximum absolute atomic E-state index is 13.2. The number of unbranched alkanes of at least 4 members (excludes halogenated alkanes) is 2. The lowest BCUT2D eigenvalue weighted by atomic mass is 9.93. The van der Waals surface area contributed by atoms with E-state index < -0.39 is 6.10 Å². The van der Waals surface area contributed by atoms with Crippen LogP contribution in [0, 0.1) is 0 Å². The smallest absolute Gasteiger partial charge is 0.196 e. The predicted octanol–water partition coefficient (Wildman–Crippen LogP) is 5.77. The second-order valence-electron chi connectivity index (χ2n) is 6.14. The van der Waals surface area contributed by atoms with Crippen LogP contribution < -0.4 is 0 Å². The molecule has 0 fully saturated rings. The Morgan fingerprint density at radius 2 is 1.58 bits per heavy atom. The van der Waals surface area contributed by atoms with Gasteiger partial charge in [0.25, 0.3) is 0 Å². The van der Waals surface area contributed by atoms with Gasteiger partial charge in [-0.2, -0.15) is 0 Å². The minimum absolute atomic E-state index is 0.0732. The maximum atomic E-state index is 13.2. The molecule has 0 aromatic heterocycles. The molecular formula is C22H28O2. The highest BCUT2D eigenvalue weighted by molar-refractivity contribution is 6.01. The van der Waals surface area contributed by atoms with E-state index >= 15 is 0 Å². The third-order valence-electron chi connectivity index (χ3n) is 4.21. The summed E-state index contributed by atoms with van der Waals surface area (Å²) in [5.41, 5.74) is 2.87. The monoisotopic (exact) mass is 324 g/mol. The minimum Gasteiger partial charge on any atom is -0.365 e. The van der Waals surface area contributed by atoms with Crippen LogP contribution in [-0.4, -0.2) is 12.4 Å². The highest BCUT2D eigenvalue weighted by Crippen LogP contribution is 2.25. The van der Waals surface area contributed by atoms with E-state index in [-0.39, 0.29) is 5.78 Å². The Morgan fingerprint density at radius 1 is 0.917 bits per heavy atom. The van der Waals surface area contributed by atoms with Crippen molar-refractivity contribution in [3.05, 3.63) is 71.3 Å². The van der Waals surface area contributed by atoms with Crippen molar-refractivity contribution in [2.45, 2.75) is 52.1 Å². The predicted molar refractivity (Wildman–Crippen MR) is 99.4 cm³/mol. The lowest BCUT2D eigenvalue weighted by Gasteiger charge is -2.19. The van der Waals surface area contributed by atoms with Gasteiger partial charge < -0.3 is 4.74 Å². The molecular weight excluding hydrogens is 296 g/mol. The van der Waals surface area contributed by atoms with Gasteiger partial charge in [0.05, 0.1) is 0 Å². The van der Waals surface area contributed by atoms with Crippen molar-refractivity contribution < 1.29 is 9.53 Å². The van der Waals surface area contributed by atoms with Crippen molar-refractivity contribution in [1.29, 1.82) is 0 Å². The van der Waals surface area contributed by atoms with Crippen molar-refractivity contribution in [2.24, 2.45) is 0 Å². The Morgan fingerprint density at radius 3 is 2.29 bits per heavy atom. The van der Waals surface area contributed by atoms with Crippen LogP contribution >= 0.6 is 0 Å². The molecule has 2 aromatic rings. The van der Waals surface area contributed by atoms with Crippen LogP contribution in [-0.2, 0) is 11.2 Å². The lowest BCUT2D eigenvalue weighted by molar-refractivity contribution is 0.0394. The molecule has 2 heteroatoms. The number of hydrogen-bond donors (Lipinski definition) is 0. The summed E-state index contributed by atoms with van der Waals surface area (Å²) in [7, 11) is 0. The van der Waals surface area contributed by atoms with Gasteiger partial charge in [-0.25, -0.2) is 0 Å². The SMILES string of the molecule is CCCCOC(C(=O)c1ccccc1CCCC)c1ccccc1. The summed E-state index contributed by atoms with van der Waals surface area (Å²) in [6, 6.07) is 17.8. The molecule has 0 saturated heterocycles. The summed E-state index contributed by atoms with van der Waals surface area (Å²) in [6.45, 7) is 4.91. The molecule has 1 atom stereocenters. The Hall–Kier alpha value is -1.93. The van der Waals surface area contributed by atoms with Gasteiger partial charge in [0, 0.05) is 12.2 Å². The highest BCUT2D eigenvalue weighted by atomic mass is 16.5. The van der Waals surface area contributed by atoms with Gasteiger partial charge in [0.1, 0.15) is 6.10 Å². The zero-order valence-electron chi connectivity index (χ0n) is 14.8. The van der Waals surface area contributed by atoms with Gasteiger partial charge in [-0.15, -0.1) is 0 Å². The van der Waals surface area contributed by atoms with Crippen LogP contribution in [0.25, 0.3) is 0 Å².